The van der Waals surface area contributed by atoms with Crippen LogP contribution in [0, 0.1) is 5.82 Å². The molecule has 5 N–H and O–H groups in total. The van der Waals surface area contributed by atoms with Crippen molar-refractivity contribution in [3.8, 4) is 0 Å². The molecule has 4 rings (SSSR count). The number of benzene rings is 2. The van der Waals surface area contributed by atoms with Crippen LogP contribution in [0.25, 0.3) is 10.9 Å². The molecule has 1 fully saturated rings. The average Bonchev–Trinajstić information content (AvgIpc) is 2.94. The van der Waals surface area contributed by atoms with Crippen molar-refractivity contribution in [2.24, 2.45) is 16.7 Å². The lowest BCUT2D eigenvalue weighted by molar-refractivity contribution is -0.143. The summed E-state index contributed by atoms with van der Waals surface area (Å²) >= 11 is 0. The molecule has 1 atom stereocenters. The molecule has 1 heterocycles. The molecule has 1 aliphatic carbocycles. The minimum absolute atomic E-state index is 0.0756. The summed E-state index contributed by atoms with van der Waals surface area (Å²) in [5.41, 5.74) is 4.66. The van der Waals surface area contributed by atoms with E-state index < -0.39 is 35.8 Å². The van der Waals surface area contributed by atoms with E-state index in [9.17, 15) is 30.7 Å². The first-order valence-electron chi connectivity index (χ1n) is 14.3. The minimum atomic E-state index is -5.01. The van der Waals surface area contributed by atoms with Gasteiger partial charge in [0.2, 0.25) is 5.96 Å². The maximum absolute atomic E-state index is 14.2. The van der Waals surface area contributed by atoms with Gasteiger partial charge in [-0.3, -0.25) is 4.98 Å². The molecular weight excluding hydrogens is 591 g/mol. The summed E-state index contributed by atoms with van der Waals surface area (Å²) in [6.45, 7) is 1.43. The maximum Gasteiger partial charge on any atom is 0.416 e. The van der Waals surface area contributed by atoms with Crippen LogP contribution in [0.15, 0.2) is 47.6 Å². The van der Waals surface area contributed by atoms with E-state index in [0.717, 1.165) is 37.2 Å². The number of rotatable bonds is 9. The molecule has 0 spiro atoms. The maximum atomic E-state index is 14.2. The first-order valence-corrected chi connectivity index (χ1v) is 14.3. The summed E-state index contributed by atoms with van der Waals surface area (Å²) < 4.78 is 95.8. The second-order valence-corrected chi connectivity index (χ2v) is 11.1. The Kier molecular flexibility index (Phi) is 10.2. The third kappa shape index (κ3) is 8.50. The molecule has 0 saturated heterocycles. The van der Waals surface area contributed by atoms with Crippen molar-refractivity contribution in [3.63, 3.8) is 0 Å². The summed E-state index contributed by atoms with van der Waals surface area (Å²) in [7, 11) is 1.37. The smallest absolute Gasteiger partial charge is 0.368 e. The summed E-state index contributed by atoms with van der Waals surface area (Å²) in [5, 5.41) is 9.12. The van der Waals surface area contributed by atoms with E-state index in [1.165, 1.54) is 24.1 Å². The van der Waals surface area contributed by atoms with E-state index in [2.05, 4.69) is 10.4 Å². The molecule has 3 aromatic rings. The van der Waals surface area contributed by atoms with Gasteiger partial charge >= 0.3 is 12.4 Å². The van der Waals surface area contributed by atoms with Crippen LogP contribution in [-0.4, -0.2) is 34.1 Å². The second kappa shape index (κ2) is 13.6. The number of nitrogens with zero attached hydrogens (tertiary/aromatic N) is 4. The zero-order valence-electron chi connectivity index (χ0n) is 24.4. The van der Waals surface area contributed by atoms with E-state index in [1.807, 2.05) is 6.92 Å². The molecule has 0 aliphatic heterocycles. The number of hydrogen-bond acceptors (Lipinski definition) is 5. The van der Waals surface area contributed by atoms with Crippen molar-refractivity contribution in [2.45, 2.75) is 83.0 Å². The highest BCUT2D eigenvalue weighted by molar-refractivity contribution is 5.81. The van der Waals surface area contributed by atoms with E-state index in [1.54, 1.807) is 12.1 Å². The van der Waals surface area contributed by atoms with E-state index in [0.29, 0.717) is 40.7 Å². The first kappa shape index (κ1) is 33.2. The van der Waals surface area contributed by atoms with Gasteiger partial charge in [-0.15, -0.1) is 5.10 Å². The van der Waals surface area contributed by atoms with Crippen molar-refractivity contribution in [3.05, 3.63) is 76.2 Å². The van der Waals surface area contributed by atoms with Crippen molar-refractivity contribution in [2.75, 3.05) is 7.05 Å². The molecule has 2 aromatic carbocycles. The van der Waals surface area contributed by atoms with Gasteiger partial charge in [-0.2, -0.15) is 26.3 Å². The van der Waals surface area contributed by atoms with Gasteiger partial charge in [0.05, 0.1) is 22.3 Å². The van der Waals surface area contributed by atoms with Crippen LogP contribution in [0.3, 0.4) is 0 Å². The van der Waals surface area contributed by atoms with Gasteiger partial charge < -0.3 is 16.0 Å². The summed E-state index contributed by atoms with van der Waals surface area (Å²) in [6, 6.07) is 7.30. The number of aromatic nitrogens is 1. The number of fused-ring (bicyclic) bond motifs is 1. The highest BCUT2D eigenvalue weighted by atomic mass is 19.4. The molecule has 14 heteroatoms. The lowest BCUT2D eigenvalue weighted by Crippen LogP contribution is -2.40. The average molecular weight is 628 g/mol. The van der Waals surface area contributed by atoms with Gasteiger partial charge in [-0.05, 0) is 66.8 Å². The Bertz CT molecular complexity index is 1430. The first-order chi connectivity index (χ1) is 20.6. The zero-order chi connectivity index (χ0) is 32.2. The van der Waals surface area contributed by atoms with Crippen LogP contribution >= 0.6 is 0 Å². The van der Waals surface area contributed by atoms with Crippen molar-refractivity contribution in [1.29, 1.82) is 0 Å². The molecule has 1 aromatic heterocycles. The lowest BCUT2D eigenvalue weighted by Gasteiger charge is -2.31. The van der Waals surface area contributed by atoms with Crippen LogP contribution in [0.5, 0.6) is 0 Å². The number of hydrogen-bond donors (Lipinski definition) is 3. The van der Waals surface area contributed by atoms with E-state index in [-0.39, 0.29) is 36.2 Å². The Morgan fingerprint density at radius 3 is 2.18 bits per heavy atom. The monoisotopic (exact) mass is 627 g/mol. The number of guanidine groups is 1. The SMILES string of the molecule is CCC(NC1CCCCC1)c1nc2cc(F)ccc2cc1CN(Cc1cc(C(F)(F)F)cc(C(F)(F)F)c1)/C(N)=N/N(C)N. The molecular formula is C30H36F7N7. The van der Waals surface area contributed by atoms with Gasteiger partial charge in [0.15, 0.2) is 0 Å². The Morgan fingerprint density at radius 2 is 1.61 bits per heavy atom. The molecule has 1 aliphatic rings. The highest BCUT2D eigenvalue weighted by Gasteiger charge is 2.37. The normalized spacial score (nSPS) is 15.9. The van der Waals surface area contributed by atoms with Gasteiger partial charge in [0, 0.05) is 43.7 Å². The predicted octanol–water partition coefficient (Wildman–Crippen LogP) is 6.82. The summed E-state index contributed by atoms with van der Waals surface area (Å²) in [6.07, 6.45) is -4.11. The Morgan fingerprint density at radius 1 is 0.977 bits per heavy atom. The van der Waals surface area contributed by atoms with Crippen LogP contribution in [0.1, 0.15) is 79.4 Å². The van der Waals surface area contributed by atoms with Gasteiger partial charge in [0.25, 0.3) is 0 Å². The lowest BCUT2D eigenvalue weighted by atomic mass is 9.93. The van der Waals surface area contributed by atoms with Crippen molar-refractivity contribution >= 4 is 16.9 Å². The summed E-state index contributed by atoms with van der Waals surface area (Å²) in [4.78, 5) is 6.14. The van der Waals surface area contributed by atoms with E-state index >= 15 is 0 Å². The van der Waals surface area contributed by atoms with Gasteiger partial charge in [-0.1, -0.05) is 26.2 Å². The fraction of sp³-hybridized carbons (Fsp3) is 0.467. The van der Waals surface area contributed by atoms with Crippen LogP contribution < -0.4 is 16.9 Å². The molecule has 240 valence electrons. The fourth-order valence-electron chi connectivity index (χ4n) is 5.55. The number of hydrazone groups is 1. The fourth-order valence-corrected chi connectivity index (χ4v) is 5.55. The summed E-state index contributed by atoms with van der Waals surface area (Å²) in [5.74, 6) is 4.95. The topological polar surface area (TPSA) is 95.8 Å². The molecule has 7 nitrogen and oxygen atoms in total. The quantitative estimate of drug-likeness (QED) is 0.0793. The standard InChI is InChI=1S/C30H36F7N7/c1-3-25(40-24-7-5-4-6-8-24)27-20(13-19-9-10-23(31)15-26(19)41-27)17-44(28(38)42-43(2)39)16-18-11-21(29(32,33)34)14-22(12-18)30(35,36)37/h9-15,24-25,40H,3-8,16-17,39H2,1-2H3,(H2,38,42). The largest absolute Gasteiger partial charge is 0.416 e. The Labute approximate surface area is 251 Å². The zero-order valence-corrected chi connectivity index (χ0v) is 24.4. The number of hydrazine groups is 1. The van der Waals surface area contributed by atoms with Crippen molar-refractivity contribution in [1.82, 2.24) is 20.3 Å². The molecule has 0 bridgehead atoms. The number of nitrogens with one attached hydrogen (secondary N) is 1. The Balaban J connectivity index is 1.80. The van der Waals surface area contributed by atoms with Crippen molar-refractivity contribution < 1.29 is 30.7 Å². The number of halogens is 7. The van der Waals surface area contributed by atoms with Gasteiger partial charge in [-0.25, -0.2) is 15.4 Å². The van der Waals surface area contributed by atoms with Crippen LogP contribution in [0.2, 0.25) is 0 Å². The number of pyridine rings is 1. The van der Waals surface area contributed by atoms with Gasteiger partial charge in [0.1, 0.15) is 5.82 Å². The minimum Gasteiger partial charge on any atom is -0.368 e. The molecule has 1 unspecified atom stereocenters. The number of nitrogens with two attached hydrogens (primary N) is 2. The van der Waals surface area contributed by atoms with Crippen LogP contribution in [-0.2, 0) is 25.4 Å². The molecule has 0 radical (unpaired) electrons. The molecule has 1 saturated carbocycles. The van der Waals surface area contributed by atoms with Crippen LogP contribution in [0.4, 0.5) is 30.7 Å². The number of alkyl halides is 6. The predicted molar refractivity (Wildman–Crippen MR) is 154 cm³/mol. The van der Waals surface area contributed by atoms with E-state index in [4.69, 9.17) is 16.6 Å². The highest BCUT2D eigenvalue weighted by Crippen LogP contribution is 2.37. The Hall–Kier alpha value is -3.65. The second-order valence-electron chi connectivity index (χ2n) is 11.1. The molecule has 0 amide bonds. The third-order valence-corrected chi connectivity index (χ3v) is 7.64. The third-order valence-electron chi connectivity index (χ3n) is 7.64. The molecule has 44 heavy (non-hydrogen) atoms.